The van der Waals surface area contributed by atoms with E-state index in [4.69, 9.17) is 9.97 Å². The number of aromatic nitrogens is 4. The highest BCUT2D eigenvalue weighted by atomic mass is 14.8. The molecule has 0 bridgehead atoms. The van der Waals surface area contributed by atoms with Crippen molar-refractivity contribution in [3.63, 3.8) is 0 Å². The van der Waals surface area contributed by atoms with Crippen LogP contribution in [0, 0.1) is 13.8 Å². The van der Waals surface area contributed by atoms with Gasteiger partial charge in [0, 0.05) is 23.5 Å². The van der Waals surface area contributed by atoms with Crippen LogP contribution in [0.4, 0.5) is 0 Å². The Morgan fingerprint density at radius 3 is 1.24 bits per heavy atom. The van der Waals surface area contributed by atoms with Crippen molar-refractivity contribution in [2.45, 2.75) is 13.8 Å². The fourth-order valence-electron chi connectivity index (χ4n) is 6.32. The largest absolute Gasteiger partial charge is 0.261 e. The summed E-state index contributed by atoms with van der Waals surface area (Å²) >= 11 is 0. The first kappa shape index (κ1) is 24.3. The molecule has 0 amide bonds. The molecule has 0 aliphatic heterocycles. The molecule has 4 heteroatoms. The lowest BCUT2D eigenvalue weighted by atomic mass is 9.82. The highest BCUT2D eigenvalue weighted by Gasteiger charge is 2.21. The maximum atomic E-state index is 4.90. The maximum absolute atomic E-state index is 4.90. The zero-order valence-electron chi connectivity index (χ0n) is 23.3. The number of benzene rings is 6. The van der Waals surface area contributed by atoms with E-state index >= 15 is 0 Å². The molecular weight excluding hydrogens is 512 g/mol. The van der Waals surface area contributed by atoms with E-state index in [1.807, 2.05) is 26.2 Å². The van der Waals surface area contributed by atoms with Crippen LogP contribution < -0.4 is 0 Å². The molecule has 198 valence electrons. The van der Waals surface area contributed by atoms with Crippen LogP contribution in [0.2, 0.25) is 0 Å². The topological polar surface area (TPSA) is 51.6 Å². The van der Waals surface area contributed by atoms with Gasteiger partial charge in [-0.2, -0.15) is 0 Å². The summed E-state index contributed by atoms with van der Waals surface area (Å²) in [5.74, 6) is 0. The Bertz CT molecular complexity index is 2090. The van der Waals surface area contributed by atoms with Crippen LogP contribution in [0.1, 0.15) is 11.4 Å². The standard InChI is InChI=1S/C38H26N4/c1-23-19-39-21-35(41-23)27-13-15-29-32(26-11-7-4-8-12-26)18-34-28(36-22-40-20-24(2)42-36)14-16-30-31(25-9-5-3-6-10-25)17-33(27)37(29)38(30)34/h3-22H,1-2H3. The molecule has 0 saturated heterocycles. The van der Waals surface area contributed by atoms with E-state index in [1.54, 1.807) is 12.4 Å². The SMILES string of the molecule is Cc1cncc(-c2ccc3c(-c4ccccc4)cc4c(-c5cncc(C)n5)ccc5c(-c6ccccc6)cc2c3c54)n1. The molecule has 42 heavy (non-hydrogen) atoms. The lowest BCUT2D eigenvalue weighted by Crippen LogP contribution is -1.96. The highest BCUT2D eigenvalue weighted by molar-refractivity contribution is 6.32. The quantitative estimate of drug-likeness (QED) is 0.209. The smallest absolute Gasteiger partial charge is 0.0894 e. The second kappa shape index (κ2) is 9.57. The number of nitrogens with zero attached hydrogens (tertiary/aromatic N) is 4. The van der Waals surface area contributed by atoms with Crippen LogP contribution in [-0.2, 0) is 0 Å². The van der Waals surface area contributed by atoms with Crippen molar-refractivity contribution in [2.75, 3.05) is 0 Å². The minimum atomic E-state index is 0.873. The Hall–Kier alpha value is -5.48. The van der Waals surface area contributed by atoms with Crippen molar-refractivity contribution in [3.05, 3.63) is 133 Å². The summed E-state index contributed by atoms with van der Waals surface area (Å²) in [7, 11) is 0. The first-order valence-electron chi connectivity index (χ1n) is 14.1. The van der Waals surface area contributed by atoms with Gasteiger partial charge in [-0.05, 0) is 80.6 Å². The van der Waals surface area contributed by atoms with Crippen molar-refractivity contribution in [1.82, 2.24) is 19.9 Å². The van der Waals surface area contributed by atoms with Crippen LogP contribution in [0.25, 0.3) is 77.1 Å². The van der Waals surface area contributed by atoms with Gasteiger partial charge in [-0.1, -0.05) is 84.9 Å². The third-order valence-corrected chi connectivity index (χ3v) is 8.13. The molecule has 8 rings (SSSR count). The van der Waals surface area contributed by atoms with Crippen molar-refractivity contribution in [2.24, 2.45) is 0 Å². The lowest BCUT2D eigenvalue weighted by molar-refractivity contribution is 1.12. The van der Waals surface area contributed by atoms with E-state index in [0.29, 0.717) is 0 Å². The number of hydrogen-bond acceptors (Lipinski definition) is 4. The summed E-state index contributed by atoms with van der Waals surface area (Å²) in [4.78, 5) is 18.8. The lowest BCUT2D eigenvalue weighted by Gasteiger charge is -2.21. The van der Waals surface area contributed by atoms with Crippen LogP contribution in [0.3, 0.4) is 0 Å². The predicted octanol–water partition coefficient (Wildman–Crippen LogP) is 9.45. The Kier molecular flexibility index (Phi) is 5.54. The van der Waals surface area contributed by atoms with E-state index in [9.17, 15) is 0 Å². The maximum Gasteiger partial charge on any atom is 0.0894 e. The second-order valence-corrected chi connectivity index (χ2v) is 10.8. The average molecular weight is 539 g/mol. The van der Waals surface area contributed by atoms with Crippen molar-refractivity contribution in [3.8, 4) is 44.8 Å². The fourth-order valence-corrected chi connectivity index (χ4v) is 6.32. The van der Waals surface area contributed by atoms with Crippen LogP contribution in [-0.4, -0.2) is 19.9 Å². The Labute approximate surface area is 243 Å². The summed E-state index contributed by atoms with van der Waals surface area (Å²) in [6.07, 6.45) is 7.34. The molecule has 0 saturated carbocycles. The Morgan fingerprint density at radius 2 is 0.833 bits per heavy atom. The molecule has 0 unspecified atom stereocenters. The predicted molar refractivity (Wildman–Crippen MR) is 173 cm³/mol. The Morgan fingerprint density at radius 1 is 0.405 bits per heavy atom. The molecule has 0 atom stereocenters. The van der Waals surface area contributed by atoms with E-state index in [2.05, 4.69) is 107 Å². The number of aryl methyl sites for hydroxylation is 2. The van der Waals surface area contributed by atoms with Crippen molar-refractivity contribution >= 4 is 32.3 Å². The van der Waals surface area contributed by atoms with Gasteiger partial charge in [0.15, 0.2) is 0 Å². The number of rotatable bonds is 4. The van der Waals surface area contributed by atoms with E-state index < -0.39 is 0 Å². The molecule has 8 aromatic rings. The molecule has 0 aliphatic rings. The fraction of sp³-hybridized carbons (Fsp3) is 0.0526. The van der Waals surface area contributed by atoms with Crippen LogP contribution in [0.5, 0.6) is 0 Å². The summed E-state index contributed by atoms with van der Waals surface area (Å²) in [6.45, 7) is 3.98. The average Bonchev–Trinajstić information content (AvgIpc) is 3.03. The second-order valence-electron chi connectivity index (χ2n) is 10.8. The molecule has 0 spiro atoms. The molecule has 6 aromatic carbocycles. The normalized spacial score (nSPS) is 11.6. The molecule has 2 heterocycles. The first-order valence-corrected chi connectivity index (χ1v) is 14.1. The van der Waals surface area contributed by atoms with Crippen LogP contribution >= 0.6 is 0 Å². The third-order valence-electron chi connectivity index (χ3n) is 8.13. The molecule has 0 aliphatic carbocycles. The van der Waals surface area contributed by atoms with Crippen molar-refractivity contribution < 1.29 is 0 Å². The van der Waals surface area contributed by atoms with E-state index in [0.717, 1.165) is 44.7 Å². The monoisotopic (exact) mass is 538 g/mol. The summed E-state index contributed by atoms with van der Waals surface area (Å²) in [5.41, 5.74) is 10.4. The van der Waals surface area contributed by atoms with Gasteiger partial charge >= 0.3 is 0 Å². The van der Waals surface area contributed by atoms with E-state index in [-0.39, 0.29) is 0 Å². The van der Waals surface area contributed by atoms with Crippen molar-refractivity contribution in [1.29, 1.82) is 0 Å². The first-order chi connectivity index (χ1) is 20.7. The number of hydrogen-bond donors (Lipinski definition) is 0. The molecule has 0 radical (unpaired) electrons. The third kappa shape index (κ3) is 3.84. The molecule has 2 aromatic heterocycles. The van der Waals surface area contributed by atoms with E-state index in [1.165, 1.54) is 43.8 Å². The van der Waals surface area contributed by atoms with Gasteiger partial charge < -0.3 is 0 Å². The molecular formula is C38H26N4. The summed E-state index contributed by atoms with van der Waals surface area (Å²) < 4.78 is 0. The minimum Gasteiger partial charge on any atom is -0.261 e. The van der Waals surface area contributed by atoms with Crippen LogP contribution in [0.15, 0.2) is 122 Å². The van der Waals surface area contributed by atoms with Gasteiger partial charge in [0.1, 0.15) is 0 Å². The van der Waals surface area contributed by atoms with Gasteiger partial charge in [0.05, 0.1) is 35.2 Å². The van der Waals surface area contributed by atoms with Gasteiger partial charge in [-0.15, -0.1) is 0 Å². The van der Waals surface area contributed by atoms with Gasteiger partial charge in [0.25, 0.3) is 0 Å². The molecule has 0 N–H and O–H groups in total. The molecule has 0 fully saturated rings. The Balaban J connectivity index is 1.61. The highest BCUT2D eigenvalue weighted by Crippen LogP contribution is 2.48. The summed E-state index contributed by atoms with van der Waals surface area (Å²) in [6, 6.07) is 34.9. The summed E-state index contributed by atoms with van der Waals surface area (Å²) in [5, 5.41) is 7.20. The van der Waals surface area contributed by atoms with Gasteiger partial charge in [-0.25, -0.2) is 9.97 Å². The minimum absolute atomic E-state index is 0.873. The molecule has 4 nitrogen and oxygen atoms in total. The zero-order valence-corrected chi connectivity index (χ0v) is 23.3. The van der Waals surface area contributed by atoms with Gasteiger partial charge in [0.2, 0.25) is 0 Å². The van der Waals surface area contributed by atoms with Gasteiger partial charge in [-0.3, -0.25) is 9.97 Å². The zero-order chi connectivity index (χ0) is 28.2.